The molecular weight excluding hydrogens is 310 g/mol. The zero-order valence-electron chi connectivity index (χ0n) is 13.6. The van der Waals surface area contributed by atoms with Crippen molar-refractivity contribution in [2.24, 2.45) is 5.92 Å². The van der Waals surface area contributed by atoms with Gasteiger partial charge in [-0.25, -0.2) is 0 Å². The van der Waals surface area contributed by atoms with Crippen LogP contribution >= 0.6 is 11.3 Å². The molecule has 0 aromatic carbocycles. The molecule has 124 valence electrons. The van der Waals surface area contributed by atoms with Crippen LogP contribution < -0.4 is 0 Å². The van der Waals surface area contributed by atoms with Crippen molar-refractivity contribution >= 4 is 17.2 Å². The lowest BCUT2D eigenvalue weighted by Crippen LogP contribution is -2.40. The predicted molar refractivity (Wildman–Crippen MR) is 91.4 cm³/mol. The fourth-order valence-electron chi connectivity index (χ4n) is 3.21. The number of thiophene rings is 1. The van der Waals surface area contributed by atoms with Gasteiger partial charge in [0.25, 0.3) is 5.91 Å². The first-order chi connectivity index (χ1) is 10.9. The fraction of sp³-hybridized carbons (Fsp3) is 0.529. The SMILES string of the molecule is CC(C)(O)CC1CCN(C(=O)c2cc(-c3ccsc3)n[nH]2)CC1. The second-order valence-electron chi connectivity index (χ2n) is 6.93. The summed E-state index contributed by atoms with van der Waals surface area (Å²) in [5, 5.41) is 21.0. The molecular formula is C17H23N3O2S. The number of nitrogens with zero attached hydrogens (tertiary/aromatic N) is 2. The lowest BCUT2D eigenvalue weighted by molar-refractivity contribution is 0.0357. The van der Waals surface area contributed by atoms with E-state index in [4.69, 9.17) is 0 Å². The number of aromatic nitrogens is 2. The first-order valence-corrected chi connectivity index (χ1v) is 8.96. The molecule has 2 N–H and O–H groups in total. The van der Waals surface area contributed by atoms with Crippen molar-refractivity contribution in [3.05, 3.63) is 28.6 Å². The Labute approximate surface area is 140 Å². The van der Waals surface area contributed by atoms with Gasteiger partial charge in [-0.3, -0.25) is 9.89 Å². The van der Waals surface area contributed by atoms with Crippen LogP contribution in [0.15, 0.2) is 22.9 Å². The lowest BCUT2D eigenvalue weighted by atomic mass is 9.86. The molecule has 3 heterocycles. The average molecular weight is 333 g/mol. The molecule has 2 aromatic heterocycles. The second kappa shape index (κ2) is 6.45. The first-order valence-electron chi connectivity index (χ1n) is 8.02. The Kier molecular flexibility index (Phi) is 4.55. The van der Waals surface area contributed by atoms with E-state index in [0.717, 1.165) is 43.6 Å². The van der Waals surface area contributed by atoms with Crippen LogP contribution in [-0.4, -0.2) is 44.8 Å². The molecule has 2 aromatic rings. The first kappa shape index (κ1) is 16.2. The van der Waals surface area contributed by atoms with E-state index in [1.165, 1.54) is 0 Å². The number of H-pyrrole nitrogens is 1. The predicted octanol–water partition coefficient (Wildman–Crippen LogP) is 3.15. The van der Waals surface area contributed by atoms with Gasteiger partial charge in [0.05, 0.1) is 11.3 Å². The molecule has 5 nitrogen and oxygen atoms in total. The quantitative estimate of drug-likeness (QED) is 0.903. The number of hydrogen-bond donors (Lipinski definition) is 2. The van der Waals surface area contributed by atoms with Crippen molar-refractivity contribution in [3.8, 4) is 11.3 Å². The summed E-state index contributed by atoms with van der Waals surface area (Å²) >= 11 is 1.62. The zero-order valence-corrected chi connectivity index (χ0v) is 14.4. The van der Waals surface area contributed by atoms with E-state index < -0.39 is 5.60 Å². The number of likely N-dealkylation sites (tertiary alicyclic amines) is 1. The average Bonchev–Trinajstić information content (AvgIpc) is 3.17. The molecule has 0 saturated carbocycles. The maximum atomic E-state index is 12.6. The van der Waals surface area contributed by atoms with Crippen molar-refractivity contribution in [1.82, 2.24) is 15.1 Å². The third-order valence-corrected chi connectivity index (χ3v) is 5.00. The van der Waals surface area contributed by atoms with Gasteiger partial charge in [-0.2, -0.15) is 16.4 Å². The van der Waals surface area contributed by atoms with E-state index in [9.17, 15) is 9.90 Å². The zero-order chi connectivity index (χ0) is 16.4. The van der Waals surface area contributed by atoms with Crippen LogP contribution in [0, 0.1) is 5.92 Å². The number of rotatable bonds is 4. The molecule has 1 saturated heterocycles. The van der Waals surface area contributed by atoms with Crippen molar-refractivity contribution in [3.63, 3.8) is 0 Å². The molecule has 0 unspecified atom stereocenters. The minimum absolute atomic E-state index is 0.0145. The van der Waals surface area contributed by atoms with Gasteiger partial charge in [0.15, 0.2) is 0 Å². The number of piperidine rings is 1. The molecule has 3 rings (SSSR count). The summed E-state index contributed by atoms with van der Waals surface area (Å²) in [6, 6.07) is 3.82. The van der Waals surface area contributed by atoms with Gasteiger partial charge < -0.3 is 10.0 Å². The molecule has 1 aliphatic heterocycles. The van der Waals surface area contributed by atoms with Crippen molar-refractivity contribution in [1.29, 1.82) is 0 Å². The van der Waals surface area contributed by atoms with Crippen molar-refractivity contribution < 1.29 is 9.90 Å². The highest BCUT2D eigenvalue weighted by Gasteiger charge is 2.28. The van der Waals surface area contributed by atoms with Crippen LogP contribution in [0.1, 0.15) is 43.6 Å². The number of carbonyl (C=O) groups is 1. The van der Waals surface area contributed by atoms with Gasteiger partial charge in [-0.05, 0) is 56.5 Å². The summed E-state index contributed by atoms with van der Waals surface area (Å²) in [6.07, 6.45) is 2.68. The highest BCUT2D eigenvalue weighted by Crippen LogP contribution is 2.27. The maximum Gasteiger partial charge on any atom is 0.271 e. The summed E-state index contributed by atoms with van der Waals surface area (Å²) in [5.41, 5.74) is 1.77. The largest absolute Gasteiger partial charge is 0.390 e. The number of carbonyl (C=O) groups excluding carboxylic acids is 1. The number of aliphatic hydroxyl groups is 1. The van der Waals surface area contributed by atoms with Crippen molar-refractivity contribution in [2.45, 2.75) is 38.7 Å². The third-order valence-electron chi connectivity index (χ3n) is 4.32. The standard InChI is InChI=1S/C17H23N3O2S/c1-17(2,22)10-12-3-6-20(7-4-12)16(21)15-9-14(18-19-15)13-5-8-23-11-13/h5,8-9,11-12,22H,3-4,6-7,10H2,1-2H3,(H,18,19). The smallest absolute Gasteiger partial charge is 0.271 e. The highest BCUT2D eigenvalue weighted by atomic mass is 32.1. The summed E-state index contributed by atoms with van der Waals surface area (Å²) in [6.45, 7) is 5.18. The number of hydrogen-bond acceptors (Lipinski definition) is 4. The van der Waals surface area contributed by atoms with E-state index in [1.807, 2.05) is 41.6 Å². The number of amides is 1. The molecule has 0 bridgehead atoms. The normalized spacial score (nSPS) is 16.7. The minimum Gasteiger partial charge on any atom is -0.390 e. The van der Waals surface area contributed by atoms with Crippen LogP contribution in [0.4, 0.5) is 0 Å². The second-order valence-corrected chi connectivity index (χ2v) is 7.71. The van der Waals surface area contributed by atoms with E-state index >= 15 is 0 Å². The molecule has 0 aliphatic carbocycles. The van der Waals surface area contributed by atoms with Crippen LogP contribution in [0.3, 0.4) is 0 Å². The summed E-state index contributed by atoms with van der Waals surface area (Å²) in [7, 11) is 0. The molecule has 23 heavy (non-hydrogen) atoms. The minimum atomic E-state index is -0.629. The summed E-state index contributed by atoms with van der Waals surface area (Å²) in [4.78, 5) is 14.5. The maximum absolute atomic E-state index is 12.6. The van der Waals surface area contributed by atoms with Crippen LogP contribution in [0.2, 0.25) is 0 Å². The van der Waals surface area contributed by atoms with Gasteiger partial charge in [-0.15, -0.1) is 0 Å². The molecule has 1 amide bonds. The Hall–Kier alpha value is -1.66. The third kappa shape index (κ3) is 4.00. The van der Waals surface area contributed by atoms with Gasteiger partial charge in [0.2, 0.25) is 0 Å². The van der Waals surface area contributed by atoms with Gasteiger partial charge in [0, 0.05) is 24.0 Å². The van der Waals surface area contributed by atoms with Gasteiger partial charge in [0.1, 0.15) is 5.69 Å². The Bertz CT molecular complexity index is 650. The molecule has 6 heteroatoms. The summed E-state index contributed by atoms with van der Waals surface area (Å²) < 4.78 is 0. The topological polar surface area (TPSA) is 69.2 Å². The molecule has 0 radical (unpaired) electrons. The molecule has 0 atom stereocenters. The van der Waals surface area contributed by atoms with E-state index in [-0.39, 0.29) is 5.91 Å². The Morgan fingerprint density at radius 1 is 1.48 bits per heavy atom. The number of nitrogens with one attached hydrogen (secondary N) is 1. The van der Waals surface area contributed by atoms with Gasteiger partial charge >= 0.3 is 0 Å². The molecule has 1 aliphatic rings. The van der Waals surface area contributed by atoms with E-state index in [2.05, 4.69) is 10.2 Å². The Balaban J connectivity index is 1.60. The van der Waals surface area contributed by atoms with Crippen LogP contribution in [0.5, 0.6) is 0 Å². The van der Waals surface area contributed by atoms with Crippen LogP contribution in [-0.2, 0) is 0 Å². The lowest BCUT2D eigenvalue weighted by Gasteiger charge is -2.34. The Morgan fingerprint density at radius 2 is 2.22 bits per heavy atom. The molecule has 0 spiro atoms. The summed E-state index contributed by atoms with van der Waals surface area (Å²) in [5.74, 6) is 0.503. The molecule has 1 fully saturated rings. The highest BCUT2D eigenvalue weighted by molar-refractivity contribution is 7.08. The Morgan fingerprint density at radius 3 is 2.83 bits per heavy atom. The number of aromatic amines is 1. The van der Waals surface area contributed by atoms with Gasteiger partial charge in [-0.1, -0.05) is 0 Å². The van der Waals surface area contributed by atoms with Crippen molar-refractivity contribution in [2.75, 3.05) is 13.1 Å². The fourth-order valence-corrected chi connectivity index (χ4v) is 3.86. The van der Waals surface area contributed by atoms with Crippen LogP contribution in [0.25, 0.3) is 11.3 Å². The van der Waals surface area contributed by atoms with E-state index in [1.54, 1.807) is 11.3 Å². The monoisotopic (exact) mass is 333 g/mol. The van der Waals surface area contributed by atoms with E-state index in [0.29, 0.717) is 11.6 Å².